The number of ether oxygens (including phenoxy) is 1. The topological polar surface area (TPSA) is 209 Å². The van der Waals surface area contributed by atoms with E-state index >= 15 is 0 Å². The summed E-state index contributed by atoms with van der Waals surface area (Å²) in [6.07, 6.45) is 10.1. The number of sulfonamides is 1. The lowest BCUT2D eigenvalue weighted by Crippen LogP contribution is -2.54. The van der Waals surface area contributed by atoms with Crippen molar-refractivity contribution in [3.8, 4) is 17.6 Å². The van der Waals surface area contributed by atoms with Crippen LogP contribution < -0.4 is 26.0 Å². The minimum absolute atomic E-state index is 0.00373. The van der Waals surface area contributed by atoms with Gasteiger partial charge < -0.3 is 20.7 Å². The molecule has 16 nitrogen and oxygen atoms in total. The van der Waals surface area contributed by atoms with Crippen molar-refractivity contribution >= 4 is 72.9 Å². The van der Waals surface area contributed by atoms with E-state index in [1.807, 2.05) is 12.1 Å². The Labute approximate surface area is 363 Å². The number of halogens is 1. The minimum Gasteiger partial charge on any atom is -0.491 e. The first-order chi connectivity index (χ1) is 29.5. The van der Waals surface area contributed by atoms with Crippen LogP contribution in [0.5, 0.6) is 5.75 Å². The van der Waals surface area contributed by atoms with E-state index in [0.717, 1.165) is 60.4 Å². The predicted octanol–water partition coefficient (Wildman–Crippen LogP) is 4.81. The lowest BCUT2D eigenvalue weighted by Gasteiger charge is -2.31. The summed E-state index contributed by atoms with van der Waals surface area (Å²) in [7, 11) is -3.53. The third-order valence-electron chi connectivity index (χ3n) is 11.2. The molecule has 4 aliphatic heterocycles. The fraction of sp³-hybridized carbons (Fsp3) is 0.465. The highest BCUT2D eigenvalue weighted by Gasteiger charge is 2.45. The van der Waals surface area contributed by atoms with E-state index in [1.54, 1.807) is 24.4 Å². The van der Waals surface area contributed by atoms with Crippen LogP contribution in [0.3, 0.4) is 0 Å². The van der Waals surface area contributed by atoms with Gasteiger partial charge >= 0.3 is 0 Å². The number of hydrogen-bond donors (Lipinski definition) is 4. The van der Waals surface area contributed by atoms with Crippen molar-refractivity contribution in [1.29, 1.82) is 0 Å². The van der Waals surface area contributed by atoms with Gasteiger partial charge in [-0.25, -0.2) is 17.7 Å². The van der Waals surface area contributed by atoms with Gasteiger partial charge in [-0.2, -0.15) is 4.98 Å². The number of fused-ring (bicyclic) bond motifs is 2. The predicted molar refractivity (Wildman–Crippen MR) is 231 cm³/mol. The van der Waals surface area contributed by atoms with Gasteiger partial charge in [-0.1, -0.05) is 55.7 Å². The molecule has 18 heteroatoms. The Balaban J connectivity index is 0.741. The second kappa shape index (κ2) is 20.0. The van der Waals surface area contributed by atoms with Crippen LogP contribution >= 0.6 is 15.9 Å². The molecule has 2 saturated heterocycles. The number of benzene rings is 2. The maximum Gasteiger partial charge on any atom is 0.263 e. The highest BCUT2D eigenvalue weighted by molar-refractivity contribution is 9.10. The lowest BCUT2D eigenvalue weighted by molar-refractivity contribution is -0.136. The molecule has 2 aromatic carbocycles. The number of aromatic nitrogens is 2. The molecule has 3 aromatic rings. The number of para-hydroxylation sites is 1. The molecule has 0 bridgehead atoms. The summed E-state index contributed by atoms with van der Waals surface area (Å²) in [5.74, 6) is 5.49. The summed E-state index contributed by atoms with van der Waals surface area (Å²) in [6, 6.07) is 9.86. The molecular weight excluding hydrogens is 868 g/mol. The number of amides is 5. The largest absolute Gasteiger partial charge is 0.491 e. The van der Waals surface area contributed by atoms with Gasteiger partial charge in [-0.15, -0.1) is 0 Å². The fourth-order valence-corrected chi connectivity index (χ4v) is 9.62. The van der Waals surface area contributed by atoms with Crippen molar-refractivity contribution in [2.45, 2.75) is 95.6 Å². The maximum absolute atomic E-state index is 13.2. The molecule has 1 aromatic heterocycles. The number of unbranched alkanes of at least 4 members (excludes halogenated alkanes) is 6. The molecule has 5 heterocycles. The normalized spacial score (nSPS) is 17.9. The fourth-order valence-electron chi connectivity index (χ4n) is 7.95. The molecule has 4 aliphatic rings. The molecule has 1 atom stereocenters. The lowest BCUT2D eigenvalue weighted by atomic mass is 10.0. The first-order valence-corrected chi connectivity index (χ1v) is 23.3. The monoisotopic (exact) mass is 916 g/mol. The SMILES string of the molecule is O=C(CCCCCCCCC#Cc1cccc2c1C(=O)N(C1CCC(=O)NC1=O)C2=O)NCCS(=O)(=O)N1CCC(Nc2ncc(Br)c(Nc3cccc4c3OCC4)n2)CC1. The molecule has 5 amide bonds. The number of carbonyl (C=O) groups is 5. The van der Waals surface area contributed by atoms with Crippen LogP contribution in [-0.2, 0) is 30.8 Å². The Morgan fingerprint density at radius 3 is 2.52 bits per heavy atom. The molecular formula is C43H49BrN8O8S. The van der Waals surface area contributed by atoms with Gasteiger partial charge in [0, 0.05) is 63.1 Å². The zero-order valence-electron chi connectivity index (χ0n) is 33.8. The number of hydrogen-bond acceptors (Lipinski definition) is 12. The van der Waals surface area contributed by atoms with Crippen molar-refractivity contribution < 1.29 is 37.1 Å². The van der Waals surface area contributed by atoms with E-state index in [4.69, 9.17) is 4.74 Å². The average molecular weight is 918 g/mol. The quantitative estimate of drug-likeness (QED) is 0.0818. The minimum atomic E-state index is -3.53. The summed E-state index contributed by atoms with van der Waals surface area (Å²) >= 11 is 3.52. The molecule has 1 unspecified atom stereocenters. The molecule has 7 rings (SSSR count). The van der Waals surface area contributed by atoms with Crippen LogP contribution in [0.2, 0.25) is 0 Å². The summed E-state index contributed by atoms with van der Waals surface area (Å²) in [5.41, 5.74) is 2.82. The van der Waals surface area contributed by atoms with Gasteiger partial charge in [-0.3, -0.25) is 34.2 Å². The first kappa shape index (κ1) is 43.7. The van der Waals surface area contributed by atoms with Crippen molar-refractivity contribution in [1.82, 2.24) is 29.8 Å². The Hall–Kier alpha value is -5.38. The van der Waals surface area contributed by atoms with Crippen molar-refractivity contribution in [3.63, 3.8) is 0 Å². The van der Waals surface area contributed by atoms with Gasteiger partial charge in [0.25, 0.3) is 11.8 Å². The molecule has 2 fully saturated rings. The van der Waals surface area contributed by atoms with Crippen molar-refractivity contribution in [2.75, 3.05) is 42.6 Å². The van der Waals surface area contributed by atoms with Crippen LogP contribution in [0.1, 0.15) is 109 Å². The number of piperidine rings is 2. The summed E-state index contributed by atoms with van der Waals surface area (Å²) in [4.78, 5) is 72.6. The number of nitrogens with one attached hydrogen (secondary N) is 4. The third-order valence-corrected chi connectivity index (χ3v) is 13.7. The maximum atomic E-state index is 13.2. The highest BCUT2D eigenvalue weighted by atomic mass is 79.9. The third kappa shape index (κ3) is 10.7. The standard InChI is InChI=1S/C43H49BrN8O8S/c44-32-27-46-43(50-39(32)48-33-15-10-13-29-21-25-60-38(29)33)47-30-19-23-51(24-20-30)61(58,59)26-22-45-35(53)16-8-6-4-2-1-3-5-7-11-28-12-9-14-31-37(28)42(57)52(41(31)56)34-17-18-36(54)49-40(34)55/h9-10,12-15,27,30,34H,1-6,8,16-26H2,(H,45,53)(H,49,54,55)(H2,46,47,48,50). The van der Waals surface area contributed by atoms with Crippen molar-refractivity contribution in [3.05, 3.63) is 69.3 Å². The summed E-state index contributed by atoms with van der Waals surface area (Å²) in [5, 5.41) is 11.7. The summed E-state index contributed by atoms with van der Waals surface area (Å²) < 4.78 is 34.1. The van der Waals surface area contributed by atoms with Crippen LogP contribution in [0, 0.1) is 11.8 Å². The Bertz CT molecular complexity index is 2360. The van der Waals surface area contributed by atoms with Crippen LogP contribution in [0.25, 0.3) is 0 Å². The van der Waals surface area contributed by atoms with E-state index in [9.17, 15) is 32.4 Å². The van der Waals surface area contributed by atoms with E-state index in [1.165, 1.54) is 4.31 Å². The highest BCUT2D eigenvalue weighted by Crippen LogP contribution is 2.37. The number of rotatable bonds is 17. The Morgan fingerprint density at radius 1 is 0.951 bits per heavy atom. The zero-order chi connectivity index (χ0) is 42.9. The first-order valence-electron chi connectivity index (χ1n) is 20.9. The molecule has 322 valence electrons. The van der Waals surface area contributed by atoms with E-state index in [0.29, 0.717) is 73.6 Å². The van der Waals surface area contributed by atoms with Crippen LogP contribution in [0.4, 0.5) is 17.5 Å². The average Bonchev–Trinajstić information content (AvgIpc) is 3.83. The number of nitrogens with zero attached hydrogens (tertiary/aromatic N) is 4. The van der Waals surface area contributed by atoms with E-state index in [-0.39, 0.29) is 48.2 Å². The Morgan fingerprint density at radius 2 is 1.72 bits per heavy atom. The number of anilines is 3. The van der Waals surface area contributed by atoms with Crippen LogP contribution in [0.15, 0.2) is 47.1 Å². The molecule has 61 heavy (non-hydrogen) atoms. The number of imide groups is 2. The van der Waals surface area contributed by atoms with Gasteiger partial charge in [-0.05, 0) is 71.8 Å². The van der Waals surface area contributed by atoms with Gasteiger partial charge in [0.1, 0.15) is 17.6 Å². The smallest absolute Gasteiger partial charge is 0.263 e. The Kier molecular flexibility index (Phi) is 14.3. The molecule has 0 radical (unpaired) electrons. The zero-order valence-corrected chi connectivity index (χ0v) is 36.2. The van der Waals surface area contributed by atoms with Crippen molar-refractivity contribution in [2.24, 2.45) is 0 Å². The second-order valence-corrected chi connectivity index (χ2v) is 18.4. The van der Waals surface area contributed by atoms with Gasteiger partial charge in [0.15, 0.2) is 0 Å². The molecule has 4 N–H and O–H groups in total. The molecule has 0 aliphatic carbocycles. The van der Waals surface area contributed by atoms with Gasteiger partial charge in [0.2, 0.25) is 33.7 Å². The number of carbonyl (C=O) groups excluding carboxylic acids is 5. The second-order valence-electron chi connectivity index (χ2n) is 15.5. The van der Waals surface area contributed by atoms with Gasteiger partial charge in [0.05, 0.1) is 33.6 Å². The summed E-state index contributed by atoms with van der Waals surface area (Å²) in [6.45, 7) is 1.44. The molecule has 0 spiro atoms. The molecule has 0 saturated carbocycles. The van der Waals surface area contributed by atoms with E-state index < -0.39 is 39.7 Å². The van der Waals surface area contributed by atoms with E-state index in [2.05, 4.69) is 65.1 Å². The van der Waals surface area contributed by atoms with Crippen LogP contribution in [-0.4, -0.2) is 101 Å².